The lowest BCUT2D eigenvalue weighted by Gasteiger charge is -2.03. The van der Waals surface area contributed by atoms with Crippen LogP contribution in [0, 0.1) is 0 Å². The summed E-state index contributed by atoms with van der Waals surface area (Å²) in [7, 11) is 0. The molecule has 0 unspecified atom stereocenters. The Morgan fingerprint density at radius 3 is 2.64 bits per heavy atom. The summed E-state index contributed by atoms with van der Waals surface area (Å²) in [5, 5.41) is 7.76. The molecule has 0 aliphatic carbocycles. The Hall–Kier alpha value is -0.870. The minimum atomic E-state index is 0.406. The lowest BCUT2D eigenvalue weighted by Crippen LogP contribution is -2.00. The third-order valence-electron chi connectivity index (χ3n) is 1.83. The van der Waals surface area contributed by atoms with E-state index in [1.165, 1.54) is 0 Å². The zero-order chi connectivity index (χ0) is 9.97. The van der Waals surface area contributed by atoms with E-state index < -0.39 is 0 Å². The lowest BCUT2D eigenvalue weighted by molar-refractivity contribution is 0.781. The molecule has 1 aromatic heterocycles. The van der Waals surface area contributed by atoms with E-state index in [0.717, 1.165) is 15.9 Å². The molecule has 2 aromatic rings. The maximum absolute atomic E-state index is 5.74. The highest BCUT2D eigenvalue weighted by Crippen LogP contribution is 2.15. The molecular weight excluding hydrogens is 265 g/mol. The van der Waals surface area contributed by atoms with E-state index in [-0.39, 0.29) is 0 Å². The van der Waals surface area contributed by atoms with Gasteiger partial charge in [0.2, 0.25) is 0 Å². The molecule has 0 atom stereocenters. The smallest absolute Gasteiger partial charge is 0.0793 e. The van der Waals surface area contributed by atoms with Gasteiger partial charge in [0.15, 0.2) is 0 Å². The molecule has 0 fully saturated rings. The van der Waals surface area contributed by atoms with Gasteiger partial charge in [-0.1, -0.05) is 21.1 Å². The predicted molar refractivity (Wildman–Crippen MR) is 58.6 cm³/mol. The fourth-order valence-electron chi connectivity index (χ4n) is 1.15. The molecule has 0 bridgehead atoms. The van der Waals surface area contributed by atoms with Crippen LogP contribution in [0.4, 0.5) is 0 Å². The lowest BCUT2D eigenvalue weighted by atomic mass is 10.3. The fourth-order valence-corrected chi connectivity index (χ4v) is 1.59. The van der Waals surface area contributed by atoms with Crippen molar-refractivity contribution in [2.75, 3.05) is 0 Å². The highest BCUT2D eigenvalue weighted by Gasteiger charge is 2.03. The molecule has 3 nitrogen and oxygen atoms in total. The van der Waals surface area contributed by atoms with Gasteiger partial charge in [-0.25, -0.2) is 4.68 Å². The van der Waals surface area contributed by atoms with Crippen LogP contribution in [0.25, 0.3) is 5.69 Å². The highest BCUT2D eigenvalue weighted by atomic mass is 79.9. The Kier molecular flexibility index (Phi) is 2.84. The second kappa shape index (κ2) is 4.11. The molecule has 14 heavy (non-hydrogen) atoms. The third-order valence-corrected chi connectivity index (χ3v) is 2.63. The van der Waals surface area contributed by atoms with Crippen LogP contribution < -0.4 is 0 Å². The van der Waals surface area contributed by atoms with E-state index in [0.29, 0.717) is 5.88 Å². The highest BCUT2D eigenvalue weighted by molar-refractivity contribution is 9.10. The topological polar surface area (TPSA) is 30.7 Å². The summed E-state index contributed by atoms with van der Waals surface area (Å²) in [5.41, 5.74) is 1.84. The maximum atomic E-state index is 5.74. The zero-order valence-corrected chi connectivity index (χ0v) is 9.53. The Morgan fingerprint density at radius 2 is 2.00 bits per heavy atom. The first-order valence-electron chi connectivity index (χ1n) is 4.03. The van der Waals surface area contributed by atoms with Crippen molar-refractivity contribution in [1.29, 1.82) is 0 Å². The van der Waals surface area contributed by atoms with Gasteiger partial charge in [-0.15, -0.1) is 16.7 Å². The fraction of sp³-hybridized carbons (Fsp3) is 0.111. The van der Waals surface area contributed by atoms with E-state index in [1.54, 1.807) is 10.9 Å². The summed E-state index contributed by atoms with van der Waals surface area (Å²) in [4.78, 5) is 0. The number of hydrogen-bond donors (Lipinski definition) is 0. The molecule has 0 saturated carbocycles. The SMILES string of the molecule is ClCc1cnnn1-c1ccc(Br)cc1. The van der Waals surface area contributed by atoms with Crippen molar-refractivity contribution in [3.8, 4) is 5.69 Å². The van der Waals surface area contributed by atoms with Crippen molar-refractivity contribution in [1.82, 2.24) is 15.0 Å². The third kappa shape index (κ3) is 1.81. The zero-order valence-electron chi connectivity index (χ0n) is 7.19. The van der Waals surface area contributed by atoms with Gasteiger partial charge in [0.1, 0.15) is 0 Å². The summed E-state index contributed by atoms with van der Waals surface area (Å²) in [6.45, 7) is 0. The van der Waals surface area contributed by atoms with Crippen LogP contribution in [0.2, 0.25) is 0 Å². The van der Waals surface area contributed by atoms with Crippen molar-refractivity contribution in [3.05, 3.63) is 40.6 Å². The number of nitrogens with zero attached hydrogens (tertiary/aromatic N) is 3. The summed E-state index contributed by atoms with van der Waals surface area (Å²) in [5.74, 6) is 0.406. The van der Waals surface area contributed by atoms with Crippen molar-refractivity contribution in [2.24, 2.45) is 0 Å². The number of halogens is 2. The van der Waals surface area contributed by atoms with Crippen LogP contribution >= 0.6 is 27.5 Å². The van der Waals surface area contributed by atoms with Gasteiger partial charge in [0, 0.05) is 4.47 Å². The Morgan fingerprint density at radius 1 is 1.29 bits per heavy atom. The summed E-state index contributed by atoms with van der Waals surface area (Å²) < 4.78 is 2.76. The molecule has 0 aliphatic heterocycles. The van der Waals surface area contributed by atoms with E-state index in [4.69, 9.17) is 11.6 Å². The molecule has 0 aliphatic rings. The van der Waals surface area contributed by atoms with Crippen LogP contribution in [0.5, 0.6) is 0 Å². The van der Waals surface area contributed by atoms with Gasteiger partial charge in [-0.2, -0.15) is 0 Å². The second-order valence-electron chi connectivity index (χ2n) is 2.75. The number of rotatable bonds is 2. The molecule has 0 saturated heterocycles. The number of benzene rings is 1. The summed E-state index contributed by atoms with van der Waals surface area (Å²) >= 11 is 9.12. The van der Waals surface area contributed by atoms with Crippen molar-refractivity contribution in [3.63, 3.8) is 0 Å². The van der Waals surface area contributed by atoms with E-state index in [9.17, 15) is 0 Å². The number of hydrogen-bond acceptors (Lipinski definition) is 2. The monoisotopic (exact) mass is 271 g/mol. The molecule has 0 amide bonds. The van der Waals surface area contributed by atoms with E-state index >= 15 is 0 Å². The Bertz CT molecular complexity index is 424. The Balaban J connectivity index is 2.44. The molecule has 5 heteroatoms. The number of alkyl halides is 1. The van der Waals surface area contributed by atoms with Crippen molar-refractivity contribution >= 4 is 27.5 Å². The first-order chi connectivity index (χ1) is 6.81. The van der Waals surface area contributed by atoms with Gasteiger partial charge >= 0.3 is 0 Å². The second-order valence-corrected chi connectivity index (χ2v) is 3.93. The quantitative estimate of drug-likeness (QED) is 0.787. The van der Waals surface area contributed by atoms with Crippen LogP contribution in [0.3, 0.4) is 0 Å². The first kappa shape index (κ1) is 9.68. The van der Waals surface area contributed by atoms with Gasteiger partial charge in [0.05, 0.1) is 23.5 Å². The van der Waals surface area contributed by atoms with Crippen LogP contribution in [-0.4, -0.2) is 15.0 Å². The summed E-state index contributed by atoms with van der Waals surface area (Å²) in [6, 6.07) is 7.81. The minimum absolute atomic E-state index is 0.406. The van der Waals surface area contributed by atoms with Crippen LogP contribution in [0.15, 0.2) is 34.9 Å². The average molecular weight is 273 g/mol. The Labute approximate surface area is 94.8 Å². The molecule has 1 heterocycles. The van der Waals surface area contributed by atoms with Gasteiger partial charge < -0.3 is 0 Å². The maximum Gasteiger partial charge on any atom is 0.0793 e. The minimum Gasteiger partial charge on any atom is -0.216 e. The van der Waals surface area contributed by atoms with Crippen molar-refractivity contribution < 1.29 is 0 Å². The molecular formula is C9H7BrClN3. The van der Waals surface area contributed by atoms with E-state index in [2.05, 4.69) is 26.2 Å². The molecule has 0 N–H and O–H groups in total. The molecule has 72 valence electrons. The van der Waals surface area contributed by atoms with Gasteiger partial charge in [-0.3, -0.25) is 0 Å². The van der Waals surface area contributed by atoms with Gasteiger partial charge in [0.25, 0.3) is 0 Å². The normalized spacial score (nSPS) is 10.4. The first-order valence-corrected chi connectivity index (χ1v) is 5.35. The predicted octanol–water partition coefficient (Wildman–Crippen LogP) is 2.77. The number of aromatic nitrogens is 3. The molecule has 0 radical (unpaired) electrons. The molecule has 1 aromatic carbocycles. The largest absolute Gasteiger partial charge is 0.216 e. The average Bonchev–Trinajstić information content (AvgIpc) is 2.67. The van der Waals surface area contributed by atoms with Crippen LogP contribution in [0.1, 0.15) is 5.69 Å². The standard InChI is InChI=1S/C9H7BrClN3/c10-7-1-3-8(4-2-7)14-9(5-11)6-12-13-14/h1-4,6H,5H2. The van der Waals surface area contributed by atoms with E-state index in [1.807, 2.05) is 24.3 Å². The molecule has 2 rings (SSSR count). The van der Waals surface area contributed by atoms with Crippen molar-refractivity contribution in [2.45, 2.75) is 5.88 Å². The molecule has 0 spiro atoms. The van der Waals surface area contributed by atoms with Crippen LogP contribution in [-0.2, 0) is 5.88 Å². The van der Waals surface area contributed by atoms with Gasteiger partial charge in [-0.05, 0) is 24.3 Å². The summed E-state index contributed by atoms with van der Waals surface area (Å²) in [6.07, 6.45) is 1.66.